The molecule has 1 aromatic carbocycles. The van der Waals surface area contributed by atoms with Crippen molar-refractivity contribution in [2.75, 3.05) is 5.32 Å². The molecular formula is C17H21NO2S. The van der Waals surface area contributed by atoms with Gasteiger partial charge in [0.2, 0.25) is 0 Å². The summed E-state index contributed by atoms with van der Waals surface area (Å²) in [5, 5.41) is 2.80. The number of benzene rings is 1. The molecule has 0 bridgehead atoms. The van der Waals surface area contributed by atoms with Crippen molar-refractivity contribution < 1.29 is 9.53 Å². The topological polar surface area (TPSA) is 38.3 Å². The Morgan fingerprint density at radius 3 is 2.43 bits per heavy atom. The van der Waals surface area contributed by atoms with Crippen molar-refractivity contribution in [3.63, 3.8) is 0 Å². The molecule has 0 spiro atoms. The van der Waals surface area contributed by atoms with Gasteiger partial charge in [-0.1, -0.05) is 6.07 Å². The van der Waals surface area contributed by atoms with Gasteiger partial charge in [0.15, 0.2) is 0 Å². The van der Waals surface area contributed by atoms with Gasteiger partial charge in [-0.15, -0.1) is 11.3 Å². The Labute approximate surface area is 130 Å². The summed E-state index contributed by atoms with van der Waals surface area (Å²) in [5.74, 6) is 0. The molecule has 0 fully saturated rings. The highest BCUT2D eigenvalue weighted by molar-refractivity contribution is 7.15. The number of nitrogens with one attached hydrogen (secondary N) is 1. The standard InChI is InChI=1S/C17H21NO2S/c1-11-8-13(15-7-6-12(2)21-15)10-14(9-11)18-16(19)20-17(3,4)5/h6-10H,1-5H3,(H,18,19). The van der Waals surface area contributed by atoms with Crippen LogP contribution in [0.5, 0.6) is 0 Å². The van der Waals surface area contributed by atoms with Crippen molar-refractivity contribution >= 4 is 23.1 Å². The fourth-order valence-corrected chi connectivity index (χ4v) is 2.86. The van der Waals surface area contributed by atoms with E-state index in [0.717, 1.165) is 16.8 Å². The summed E-state index contributed by atoms with van der Waals surface area (Å²) in [5.41, 5.74) is 2.47. The fraction of sp³-hybridized carbons (Fsp3) is 0.353. The van der Waals surface area contributed by atoms with E-state index in [1.54, 1.807) is 11.3 Å². The monoisotopic (exact) mass is 303 g/mol. The fourth-order valence-electron chi connectivity index (χ4n) is 2.01. The molecule has 112 valence electrons. The summed E-state index contributed by atoms with van der Waals surface area (Å²) in [6.45, 7) is 9.65. The van der Waals surface area contributed by atoms with Crippen molar-refractivity contribution in [2.24, 2.45) is 0 Å². The number of carbonyl (C=O) groups excluding carboxylic acids is 1. The summed E-state index contributed by atoms with van der Waals surface area (Å²) in [7, 11) is 0. The maximum atomic E-state index is 11.9. The van der Waals surface area contributed by atoms with E-state index in [1.165, 1.54) is 9.75 Å². The Hall–Kier alpha value is -1.81. The third-order valence-electron chi connectivity index (χ3n) is 2.75. The summed E-state index contributed by atoms with van der Waals surface area (Å²) < 4.78 is 5.28. The molecule has 1 aromatic heterocycles. The van der Waals surface area contributed by atoms with E-state index in [1.807, 2.05) is 39.8 Å². The Morgan fingerprint density at radius 2 is 1.86 bits per heavy atom. The molecule has 2 aromatic rings. The molecule has 2 rings (SSSR count). The molecule has 1 amide bonds. The lowest BCUT2D eigenvalue weighted by atomic mass is 10.1. The van der Waals surface area contributed by atoms with Crippen LogP contribution in [0.1, 0.15) is 31.2 Å². The second-order valence-corrected chi connectivity index (χ2v) is 7.41. The molecule has 3 nitrogen and oxygen atoms in total. The average Bonchev–Trinajstić information content (AvgIpc) is 2.72. The first kappa shape index (κ1) is 15.6. The number of ether oxygens (including phenoxy) is 1. The first-order valence-corrected chi connectivity index (χ1v) is 7.73. The van der Waals surface area contributed by atoms with Gasteiger partial charge in [0.1, 0.15) is 5.60 Å². The summed E-state index contributed by atoms with van der Waals surface area (Å²) in [6.07, 6.45) is -0.429. The number of carbonyl (C=O) groups is 1. The van der Waals surface area contributed by atoms with Crippen LogP contribution >= 0.6 is 11.3 Å². The lowest BCUT2D eigenvalue weighted by Crippen LogP contribution is -2.27. The summed E-state index contributed by atoms with van der Waals surface area (Å²) >= 11 is 1.74. The summed E-state index contributed by atoms with van der Waals surface area (Å²) in [4.78, 5) is 14.3. The molecule has 0 unspecified atom stereocenters. The number of hydrogen-bond acceptors (Lipinski definition) is 3. The van der Waals surface area contributed by atoms with Crippen LogP contribution in [-0.2, 0) is 4.74 Å². The zero-order chi connectivity index (χ0) is 15.6. The number of aryl methyl sites for hydroxylation is 2. The van der Waals surface area contributed by atoms with Gasteiger partial charge < -0.3 is 4.74 Å². The average molecular weight is 303 g/mol. The first-order valence-electron chi connectivity index (χ1n) is 6.91. The first-order chi connectivity index (χ1) is 9.73. The zero-order valence-electron chi connectivity index (χ0n) is 13.1. The van der Waals surface area contributed by atoms with Crippen LogP contribution in [0.25, 0.3) is 10.4 Å². The highest BCUT2D eigenvalue weighted by Crippen LogP contribution is 2.30. The molecule has 4 heteroatoms. The number of amides is 1. The second-order valence-electron chi connectivity index (χ2n) is 6.12. The van der Waals surface area contributed by atoms with Crippen LogP contribution in [-0.4, -0.2) is 11.7 Å². The Bertz CT molecular complexity index is 653. The smallest absolute Gasteiger partial charge is 0.412 e. The van der Waals surface area contributed by atoms with Crippen LogP contribution < -0.4 is 5.32 Å². The van der Waals surface area contributed by atoms with Crippen molar-refractivity contribution in [2.45, 2.75) is 40.2 Å². The molecular weight excluding hydrogens is 282 g/mol. The Morgan fingerprint density at radius 1 is 1.14 bits per heavy atom. The number of thiophene rings is 1. The molecule has 0 saturated carbocycles. The lowest BCUT2D eigenvalue weighted by Gasteiger charge is -2.20. The third-order valence-corrected chi connectivity index (χ3v) is 3.80. The van der Waals surface area contributed by atoms with Crippen LogP contribution in [0.15, 0.2) is 30.3 Å². The van der Waals surface area contributed by atoms with Gasteiger partial charge in [-0.25, -0.2) is 4.79 Å². The van der Waals surface area contributed by atoms with E-state index in [2.05, 4.69) is 30.4 Å². The molecule has 0 saturated heterocycles. The van der Waals surface area contributed by atoms with Crippen LogP contribution in [0.4, 0.5) is 10.5 Å². The summed E-state index contributed by atoms with van der Waals surface area (Å²) in [6, 6.07) is 10.2. The third kappa shape index (κ3) is 4.60. The molecule has 0 radical (unpaired) electrons. The SMILES string of the molecule is Cc1cc(NC(=O)OC(C)(C)C)cc(-c2ccc(C)s2)c1. The van der Waals surface area contributed by atoms with Crippen LogP contribution in [0, 0.1) is 13.8 Å². The van der Waals surface area contributed by atoms with E-state index in [9.17, 15) is 4.79 Å². The number of rotatable bonds is 2. The molecule has 1 heterocycles. The lowest BCUT2D eigenvalue weighted by molar-refractivity contribution is 0.0636. The van der Waals surface area contributed by atoms with E-state index in [-0.39, 0.29) is 0 Å². The van der Waals surface area contributed by atoms with Crippen molar-refractivity contribution in [1.29, 1.82) is 0 Å². The van der Waals surface area contributed by atoms with Crippen molar-refractivity contribution in [1.82, 2.24) is 0 Å². The normalized spacial score (nSPS) is 11.3. The maximum absolute atomic E-state index is 11.9. The highest BCUT2D eigenvalue weighted by Gasteiger charge is 2.16. The van der Waals surface area contributed by atoms with Gasteiger partial charge in [0, 0.05) is 15.4 Å². The van der Waals surface area contributed by atoms with Gasteiger partial charge in [0.05, 0.1) is 0 Å². The predicted octanol–water partition coefficient (Wildman–Crippen LogP) is 5.38. The van der Waals surface area contributed by atoms with Crippen LogP contribution in [0.2, 0.25) is 0 Å². The molecule has 0 atom stereocenters. The largest absolute Gasteiger partial charge is 0.444 e. The minimum atomic E-state index is -0.498. The van der Waals surface area contributed by atoms with Gasteiger partial charge in [-0.3, -0.25) is 5.32 Å². The van der Waals surface area contributed by atoms with E-state index < -0.39 is 11.7 Å². The molecule has 0 aliphatic heterocycles. The van der Waals surface area contributed by atoms with Crippen molar-refractivity contribution in [3.05, 3.63) is 40.8 Å². The number of hydrogen-bond donors (Lipinski definition) is 1. The molecule has 21 heavy (non-hydrogen) atoms. The Balaban J connectivity index is 2.21. The Kier molecular flexibility index (Phi) is 4.37. The molecule has 1 N–H and O–H groups in total. The predicted molar refractivity (Wildman–Crippen MR) is 89.1 cm³/mol. The van der Waals surface area contributed by atoms with E-state index in [4.69, 9.17) is 4.74 Å². The van der Waals surface area contributed by atoms with Gasteiger partial charge in [-0.2, -0.15) is 0 Å². The maximum Gasteiger partial charge on any atom is 0.412 e. The van der Waals surface area contributed by atoms with E-state index in [0.29, 0.717) is 0 Å². The van der Waals surface area contributed by atoms with Gasteiger partial charge >= 0.3 is 6.09 Å². The molecule has 0 aliphatic carbocycles. The van der Waals surface area contributed by atoms with E-state index >= 15 is 0 Å². The van der Waals surface area contributed by atoms with Gasteiger partial charge in [-0.05, 0) is 70.0 Å². The number of anilines is 1. The zero-order valence-corrected chi connectivity index (χ0v) is 13.9. The minimum Gasteiger partial charge on any atom is -0.444 e. The van der Waals surface area contributed by atoms with Gasteiger partial charge in [0.25, 0.3) is 0 Å². The highest BCUT2D eigenvalue weighted by atomic mass is 32.1. The van der Waals surface area contributed by atoms with Crippen molar-refractivity contribution in [3.8, 4) is 10.4 Å². The molecule has 0 aliphatic rings. The quantitative estimate of drug-likeness (QED) is 0.809. The van der Waals surface area contributed by atoms with Crippen LogP contribution in [0.3, 0.4) is 0 Å². The second kappa shape index (κ2) is 5.90. The minimum absolute atomic E-state index is 0.429.